The number of amides is 1. The summed E-state index contributed by atoms with van der Waals surface area (Å²) in [5.74, 6) is 0.121. The minimum atomic E-state index is 0. The Balaban J connectivity index is 0.00000259. The average molecular weight is 445 g/mol. The van der Waals surface area contributed by atoms with Crippen LogP contribution < -0.4 is 0 Å². The van der Waals surface area contributed by atoms with Crippen molar-refractivity contribution >= 4 is 16.8 Å². The van der Waals surface area contributed by atoms with Crippen LogP contribution in [0.3, 0.4) is 0 Å². The molecule has 0 N–H and O–H groups in total. The summed E-state index contributed by atoms with van der Waals surface area (Å²) in [7, 11) is 1.97. The molecule has 3 aromatic rings. The predicted molar refractivity (Wildman–Crippen MR) is 136 cm³/mol. The van der Waals surface area contributed by atoms with Gasteiger partial charge in [0.2, 0.25) is 0 Å². The van der Waals surface area contributed by atoms with Gasteiger partial charge in [0, 0.05) is 55.3 Å². The van der Waals surface area contributed by atoms with Crippen molar-refractivity contribution in [2.45, 2.75) is 40.5 Å². The number of hydrogen-bond acceptors (Lipinski definition) is 3. The number of rotatable bonds is 4. The van der Waals surface area contributed by atoms with Crippen molar-refractivity contribution in [1.29, 1.82) is 0 Å². The minimum absolute atomic E-state index is 0. The molecule has 33 heavy (non-hydrogen) atoms. The van der Waals surface area contributed by atoms with Gasteiger partial charge in [-0.25, -0.2) is 0 Å². The van der Waals surface area contributed by atoms with Crippen molar-refractivity contribution in [3.8, 4) is 11.1 Å². The van der Waals surface area contributed by atoms with E-state index < -0.39 is 0 Å². The van der Waals surface area contributed by atoms with Crippen molar-refractivity contribution in [3.05, 3.63) is 66.0 Å². The molecule has 1 saturated heterocycles. The Morgan fingerprint density at radius 3 is 2.18 bits per heavy atom. The Morgan fingerprint density at radius 2 is 1.58 bits per heavy atom. The normalized spacial score (nSPS) is 17.4. The molecule has 2 aliphatic rings. The molecule has 1 aliphatic carbocycles. The van der Waals surface area contributed by atoms with Crippen molar-refractivity contribution in [2.24, 2.45) is 12.5 Å². The number of benzene rings is 2. The fourth-order valence-corrected chi connectivity index (χ4v) is 5.17. The van der Waals surface area contributed by atoms with E-state index in [-0.39, 0.29) is 18.7 Å². The molecule has 1 aliphatic heterocycles. The molecule has 0 atom stereocenters. The lowest BCUT2D eigenvalue weighted by atomic mass is 9.68. The largest absolute Gasteiger partial charge is 0.371 e. The van der Waals surface area contributed by atoms with Crippen LogP contribution in [0.2, 0.25) is 0 Å². The van der Waals surface area contributed by atoms with Crippen molar-refractivity contribution in [2.75, 3.05) is 26.2 Å². The summed E-state index contributed by atoms with van der Waals surface area (Å²) in [4.78, 5) is 17.5. The molecule has 1 amide bonds. The molecule has 5 heteroatoms. The van der Waals surface area contributed by atoms with Gasteiger partial charge in [0.05, 0.1) is 11.2 Å². The highest BCUT2D eigenvalue weighted by Crippen LogP contribution is 2.47. The number of aromatic nitrogens is 2. The minimum Gasteiger partial charge on any atom is -0.371 e. The molecule has 0 bridgehead atoms. The number of aryl methyl sites for hydroxylation is 2. The molecule has 1 aromatic heterocycles. The Hall–Kier alpha value is -3.08. The quantitative estimate of drug-likeness (QED) is 0.522. The second-order valence-corrected chi connectivity index (χ2v) is 9.66. The summed E-state index contributed by atoms with van der Waals surface area (Å²) in [6, 6.07) is 14.4. The third-order valence-electron chi connectivity index (χ3n) is 7.60. The lowest BCUT2D eigenvalue weighted by molar-refractivity contribution is 0.0611. The van der Waals surface area contributed by atoms with Crippen LogP contribution in [0.1, 0.15) is 49.7 Å². The second-order valence-electron chi connectivity index (χ2n) is 9.66. The van der Waals surface area contributed by atoms with Crippen LogP contribution in [0.25, 0.3) is 22.0 Å². The zero-order chi connectivity index (χ0) is 22.5. The zero-order valence-electron chi connectivity index (χ0n) is 19.4. The lowest BCUT2D eigenvalue weighted by Crippen LogP contribution is -2.50. The third kappa shape index (κ3) is 4.05. The first kappa shape index (κ1) is 23.1. The highest BCUT2D eigenvalue weighted by molar-refractivity contribution is 5.95. The van der Waals surface area contributed by atoms with Gasteiger partial charge >= 0.3 is 0 Å². The first-order valence-corrected chi connectivity index (χ1v) is 11.6. The van der Waals surface area contributed by atoms with E-state index in [2.05, 4.69) is 53.8 Å². The topological polar surface area (TPSA) is 41.4 Å². The highest BCUT2D eigenvalue weighted by Gasteiger charge is 2.38. The summed E-state index contributed by atoms with van der Waals surface area (Å²) in [6.07, 6.45) is 3.79. The van der Waals surface area contributed by atoms with Crippen LogP contribution >= 0.6 is 0 Å². The summed E-state index contributed by atoms with van der Waals surface area (Å²) in [5, 5.41) is 5.68. The van der Waals surface area contributed by atoms with E-state index in [0.29, 0.717) is 0 Å². The molecule has 2 fully saturated rings. The zero-order valence-corrected chi connectivity index (χ0v) is 19.4. The van der Waals surface area contributed by atoms with Crippen LogP contribution in [0, 0.1) is 12.3 Å². The van der Waals surface area contributed by atoms with Gasteiger partial charge in [-0.05, 0) is 55.2 Å². The SMILES string of the molecule is C.C=C(N1CCN(C(=O)c2ccc(-c3ccc4c(c3)c(C)nn4C)cc2)CC1)C1(C)CCC1. The number of carbonyl (C=O) groups is 1. The standard InChI is InChI=1S/C27H32N4O.CH4/c1-19-24-18-23(10-11-25(24)29(4)28-19)21-6-8-22(9-7-21)26(32)31-16-14-30(15-17-31)20(2)27(3)12-5-13-27;/h6-11,18H,2,5,12-17H2,1,3-4H3;1H4. The van der Waals surface area contributed by atoms with E-state index in [0.717, 1.165) is 54.1 Å². The fraction of sp³-hybridized carbons (Fsp3) is 0.429. The van der Waals surface area contributed by atoms with Crippen LogP contribution in [-0.4, -0.2) is 51.7 Å². The van der Waals surface area contributed by atoms with Gasteiger partial charge in [-0.3, -0.25) is 9.48 Å². The summed E-state index contributed by atoms with van der Waals surface area (Å²) in [5.41, 5.74) is 6.71. The number of allylic oxidation sites excluding steroid dienone is 1. The fourth-order valence-electron chi connectivity index (χ4n) is 5.17. The molecule has 5 nitrogen and oxygen atoms in total. The van der Waals surface area contributed by atoms with E-state index in [1.54, 1.807) is 0 Å². The van der Waals surface area contributed by atoms with Gasteiger partial charge in [-0.1, -0.05) is 45.5 Å². The van der Waals surface area contributed by atoms with Crippen LogP contribution in [0.5, 0.6) is 0 Å². The smallest absolute Gasteiger partial charge is 0.253 e. The Morgan fingerprint density at radius 1 is 0.970 bits per heavy atom. The van der Waals surface area contributed by atoms with Crippen molar-refractivity contribution < 1.29 is 4.79 Å². The van der Waals surface area contributed by atoms with E-state index in [4.69, 9.17) is 0 Å². The molecule has 5 rings (SSSR count). The van der Waals surface area contributed by atoms with Gasteiger partial charge in [0.15, 0.2) is 0 Å². The maximum Gasteiger partial charge on any atom is 0.253 e. The summed E-state index contributed by atoms with van der Waals surface area (Å²) in [6.45, 7) is 12.0. The first-order chi connectivity index (χ1) is 15.4. The molecule has 2 heterocycles. The Labute approximate surface area is 197 Å². The molecule has 1 saturated carbocycles. The maximum absolute atomic E-state index is 13.1. The molecule has 174 valence electrons. The first-order valence-electron chi connectivity index (χ1n) is 11.6. The number of nitrogens with zero attached hydrogens (tertiary/aromatic N) is 4. The monoisotopic (exact) mass is 444 g/mol. The van der Waals surface area contributed by atoms with E-state index in [1.807, 2.05) is 35.7 Å². The molecular weight excluding hydrogens is 408 g/mol. The maximum atomic E-state index is 13.1. The van der Waals surface area contributed by atoms with E-state index >= 15 is 0 Å². The van der Waals surface area contributed by atoms with E-state index in [1.165, 1.54) is 30.3 Å². The molecule has 2 aromatic carbocycles. The average Bonchev–Trinajstić information content (AvgIpc) is 3.09. The number of carbonyl (C=O) groups excluding carboxylic acids is 1. The van der Waals surface area contributed by atoms with Gasteiger partial charge in [-0.15, -0.1) is 0 Å². The Kier molecular flexibility index (Phi) is 6.08. The van der Waals surface area contributed by atoms with Gasteiger partial charge in [0.25, 0.3) is 5.91 Å². The van der Waals surface area contributed by atoms with Gasteiger partial charge < -0.3 is 9.80 Å². The molecule has 0 radical (unpaired) electrons. The van der Waals surface area contributed by atoms with Crippen LogP contribution in [0.4, 0.5) is 0 Å². The van der Waals surface area contributed by atoms with Crippen molar-refractivity contribution in [1.82, 2.24) is 19.6 Å². The third-order valence-corrected chi connectivity index (χ3v) is 7.60. The summed E-state index contributed by atoms with van der Waals surface area (Å²) >= 11 is 0. The number of fused-ring (bicyclic) bond motifs is 1. The second kappa shape index (κ2) is 8.69. The highest BCUT2D eigenvalue weighted by atomic mass is 16.2. The molecule has 0 unspecified atom stereocenters. The van der Waals surface area contributed by atoms with Gasteiger partial charge in [0.1, 0.15) is 0 Å². The summed E-state index contributed by atoms with van der Waals surface area (Å²) < 4.78 is 1.91. The molecule has 0 spiro atoms. The number of hydrogen-bond donors (Lipinski definition) is 0. The van der Waals surface area contributed by atoms with Crippen LogP contribution in [-0.2, 0) is 7.05 Å². The van der Waals surface area contributed by atoms with Crippen LogP contribution in [0.15, 0.2) is 54.7 Å². The van der Waals surface area contributed by atoms with E-state index in [9.17, 15) is 4.79 Å². The Bertz CT molecular complexity index is 1180. The van der Waals surface area contributed by atoms with Gasteiger partial charge in [-0.2, -0.15) is 5.10 Å². The molecular formula is C28H36N4O. The predicted octanol–water partition coefficient (Wildman–Crippen LogP) is 5.65. The number of piperazine rings is 1. The lowest BCUT2D eigenvalue weighted by Gasteiger charge is -2.47. The van der Waals surface area contributed by atoms with Crippen molar-refractivity contribution in [3.63, 3.8) is 0 Å².